The van der Waals surface area contributed by atoms with Crippen LogP contribution in [0.5, 0.6) is 0 Å². The van der Waals surface area contributed by atoms with Gasteiger partial charge in [0.2, 0.25) is 0 Å². The van der Waals surface area contributed by atoms with Crippen molar-refractivity contribution >= 4 is 57.2 Å². The smallest absolute Gasteiger partial charge is 0.267 e. The van der Waals surface area contributed by atoms with E-state index in [0.717, 1.165) is 58.3 Å². The molecule has 0 saturated heterocycles. The molecule has 0 fully saturated rings. The van der Waals surface area contributed by atoms with Crippen LogP contribution in [-0.4, -0.2) is 33.7 Å². The van der Waals surface area contributed by atoms with E-state index in [0.29, 0.717) is 5.16 Å². The highest BCUT2D eigenvalue weighted by Crippen LogP contribution is 2.35. The van der Waals surface area contributed by atoms with Gasteiger partial charge < -0.3 is 0 Å². The summed E-state index contributed by atoms with van der Waals surface area (Å²) in [6.45, 7) is 2.01. The maximum absolute atomic E-state index is 13.8. The largest absolute Gasteiger partial charge is 0.272 e. The second kappa shape index (κ2) is 11.0. The Balaban J connectivity index is 1.40. The molecule has 1 aliphatic carbocycles. The van der Waals surface area contributed by atoms with Crippen molar-refractivity contribution < 1.29 is 4.79 Å². The minimum Gasteiger partial charge on any atom is -0.272 e. The maximum Gasteiger partial charge on any atom is 0.267 e. The topological polar surface area (TPSA) is 76.3 Å². The van der Waals surface area contributed by atoms with Crippen LogP contribution in [0.3, 0.4) is 0 Å². The number of fused-ring (bicyclic) bond motifs is 3. The summed E-state index contributed by atoms with van der Waals surface area (Å²) in [4.78, 5) is 34.4. The van der Waals surface area contributed by atoms with Crippen molar-refractivity contribution in [1.29, 1.82) is 0 Å². The van der Waals surface area contributed by atoms with Gasteiger partial charge in [-0.25, -0.2) is 10.4 Å². The number of hydrazone groups is 1. The summed E-state index contributed by atoms with van der Waals surface area (Å²) in [5.74, 6) is -0.162. The third-order valence-corrected chi connectivity index (χ3v) is 8.97. The lowest BCUT2D eigenvalue weighted by Gasteiger charge is -2.13. The highest BCUT2D eigenvalue weighted by atomic mass is 32.2. The van der Waals surface area contributed by atoms with Gasteiger partial charge in [0.05, 0.1) is 23.0 Å². The van der Waals surface area contributed by atoms with Gasteiger partial charge in [-0.2, -0.15) is 5.10 Å². The molecule has 0 aliphatic heterocycles. The molecule has 2 aromatic carbocycles. The van der Waals surface area contributed by atoms with Gasteiger partial charge in [0.25, 0.3) is 11.5 Å². The quantitative estimate of drug-likeness (QED) is 0.145. The van der Waals surface area contributed by atoms with E-state index >= 15 is 0 Å². The van der Waals surface area contributed by atoms with Crippen LogP contribution >= 0.6 is 34.9 Å². The molecule has 2 heterocycles. The van der Waals surface area contributed by atoms with Crippen molar-refractivity contribution in [2.24, 2.45) is 5.10 Å². The van der Waals surface area contributed by atoms with Crippen LogP contribution in [0.2, 0.25) is 0 Å². The molecule has 184 valence electrons. The molecule has 2 aromatic heterocycles. The molecule has 0 radical (unpaired) electrons. The lowest BCUT2D eigenvalue weighted by molar-refractivity contribution is -0.118. The van der Waals surface area contributed by atoms with Crippen LogP contribution < -0.4 is 11.0 Å². The molecule has 1 N–H and O–H groups in total. The number of thiophene rings is 1. The highest BCUT2D eigenvalue weighted by Gasteiger charge is 2.23. The van der Waals surface area contributed by atoms with Crippen molar-refractivity contribution in [3.05, 3.63) is 80.5 Å². The van der Waals surface area contributed by atoms with Crippen LogP contribution in [0.1, 0.15) is 34.4 Å². The number of benzene rings is 2. The molecule has 6 nitrogen and oxygen atoms in total. The standard InChI is InChI=1S/C27H26N4O2S3/c1-17-7-11-19(12-8-17)31-26(33)24-21-5-3-4-6-22(21)36-25(24)29-27(31)35-16-23(32)30-28-15-18-9-13-20(34-2)14-10-18/h7-15H,3-6,16H2,1-2H3,(H,30,32). The Bertz CT molecular complexity index is 1490. The van der Waals surface area contributed by atoms with Crippen LogP contribution in [0.25, 0.3) is 15.9 Å². The molecule has 0 unspecified atom stereocenters. The van der Waals surface area contributed by atoms with Gasteiger partial charge in [-0.1, -0.05) is 41.6 Å². The Labute approximate surface area is 222 Å². The monoisotopic (exact) mass is 534 g/mol. The zero-order chi connectivity index (χ0) is 25.1. The number of nitrogens with one attached hydrogen (secondary N) is 1. The molecule has 1 aliphatic rings. The molecule has 36 heavy (non-hydrogen) atoms. The average Bonchev–Trinajstić information content (AvgIpc) is 3.27. The Morgan fingerprint density at radius 2 is 1.89 bits per heavy atom. The number of hydrogen-bond acceptors (Lipinski definition) is 7. The van der Waals surface area contributed by atoms with Crippen LogP contribution in [-0.2, 0) is 17.6 Å². The minimum absolute atomic E-state index is 0.0575. The summed E-state index contributed by atoms with van der Waals surface area (Å²) in [5, 5.41) is 5.33. The van der Waals surface area contributed by atoms with E-state index in [2.05, 4.69) is 10.5 Å². The number of rotatable bonds is 7. The zero-order valence-electron chi connectivity index (χ0n) is 20.1. The molecule has 0 bridgehead atoms. The molecule has 9 heteroatoms. The van der Waals surface area contributed by atoms with E-state index in [1.807, 2.05) is 61.7 Å². The van der Waals surface area contributed by atoms with Crippen molar-refractivity contribution in [2.45, 2.75) is 42.7 Å². The number of carbonyl (C=O) groups excluding carboxylic acids is 1. The van der Waals surface area contributed by atoms with Gasteiger partial charge >= 0.3 is 0 Å². The van der Waals surface area contributed by atoms with E-state index in [1.165, 1.54) is 21.5 Å². The van der Waals surface area contributed by atoms with Crippen LogP contribution in [0.4, 0.5) is 0 Å². The van der Waals surface area contributed by atoms with Gasteiger partial charge in [-0.3, -0.25) is 14.2 Å². The number of amides is 1. The van der Waals surface area contributed by atoms with Crippen LogP contribution in [0.15, 0.2) is 68.5 Å². The zero-order valence-corrected chi connectivity index (χ0v) is 22.6. The second-order valence-corrected chi connectivity index (χ2v) is 11.5. The lowest BCUT2D eigenvalue weighted by Crippen LogP contribution is -2.24. The lowest BCUT2D eigenvalue weighted by atomic mass is 9.97. The number of nitrogens with zero attached hydrogens (tertiary/aromatic N) is 3. The summed E-state index contributed by atoms with van der Waals surface area (Å²) < 4.78 is 1.65. The Hall–Kier alpha value is -2.88. The minimum atomic E-state index is -0.257. The first-order valence-corrected chi connectivity index (χ1v) is 14.8. The molecule has 0 atom stereocenters. The third-order valence-electron chi connectivity index (χ3n) is 6.10. The first-order valence-electron chi connectivity index (χ1n) is 11.8. The van der Waals surface area contributed by atoms with E-state index in [9.17, 15) is 9.59 Å². The molecule has 5 rings (SSSR count). The van der Waals surface area contributed by atoms with Gasteiger partial charge in [0, 0.05) is 9.77 Å². The van der Waals surface area contributed by atoms with Crippen molar-refractivity contribution in [3.8, 4) is 5.69 Å². The van der Waals surface area contributed by atoms with Crippen molar-refractivity contribution in [1.82, 2.24) is 15.0 Å². The van der Waals surface area contributed by atoms with Gasteiger partial charge in [-0.05, 0) is 74.3 Å². The van der Waals surface area contributed by atoms with E-state index < -0.39 is 0 Å². The number of thioether (sulfide) groups is 2. The Kier molecular flexibility index (Phi) is 7.59. The van der Waals surface area contributed by atoms with Crippen molar-refractivity contribution in [3.63, 3.8) is 0 Å². The van der Waals surface area contributed by atoms with Crippen LogP contribution in [0, 0.1) is 6.92 Å². The average molecular weight is 535 g/mol. The summed E-state index contributed by atoms with van der Waals surface area (Å²) in [5.41, 5.74) is 6.46. The predicted molar refractivity (Wildman–Crippen MR) is 151 cm³/mol. The van der Waals surface area contributed by atoms with E-state index in [4.69, 9.17) is 4.98 Å². The second-order valence-electron chi connectivity index (χ2n) is 8.62. The molecule has 4 aromatic rings. The summed E-state index contributed by atoms with van der Waals surface area (Å²) in [6, 6.07) is 15.8. The number of hydrogen-bond donors (Lipinski definition) is 1. The van der Waals surface area contributed by atoms with Gasteiger partial charge in [0.1, 0.15) is 4.83 Å². The number of aryl methyl sites for hydroxylation is 3. The fourth-order valence-corrected chi connectivity index (χ4v) is 6.75. The number of aromatic nitrogens is 2. The maximum atomic E-state index is 13.8. The highest BCUT2D eigenvalue weighted by molar-refractivity contribution is 7.99. The first-order chi connectivity index (χ1) is 17.5. The molecule has 0 saturated carbocycles. The van der Waals surface area contributed by atoms with E-state index in [-0.39, 0.29) is 17.2 Å². The molecular weight excluding hydrogens is 509 g/mol. The summed E-state index contributed by atoms with van der Waals surface area (Å²) >= 11 is 4.54. The Morgan fingerprint density at radius 3 is 2.64 bits per heavy atom. The number of carbonyl (C=O) groups is 1. The predicted octanol–water partition coefficient (Wildman–Crippen LogP) is 5.60. The normalized spacial score (nSPS) is 13.3. The summed E-state index contributed by atoms with van der Waals surface area (Å²) in [6.07, 6.45) is 7.82. The molecule has 0 spiro atoms. The van der Waals surface area contributed by atoms with Gasteiger partial charge in [0.15, 0.2) is 5.16 Å². The van der Waals surface area contributed by atoms with Gasteiger partial charge in [-0.15, -0.1) is 23.1 Å². The molecular formula is C27H26N4O2S3. The van der Waals surface area contributed by atoms with E-state index in [1.54, 1.807) is 33.9 Å². The SMILES string of the molecule is CSc1ccc(C=NNC(=O)CSc2nc3sc4c(c3c(=O)n2-c2ccc(C)cc2)CCCC4)cc1. The van der Waals surface area contributed by atoms with Crippen molar-refractivity contribution in [2.75, 3.05) is 12.0 Å². The molecule has 1 amide bonds. The third kappa shape index (κ3) is 5.28. The Morgan fingerprint density at radius 1 is 1.14 bits per heavy atom. The fraction of sp³-hybridized carbons (Fsp3) is 0.259. The first kappa shape index (κ1) is 24.8. The fourth-order valence-electron chi connectivity index (χ4n) is 4.24. The summed E-state index contributed by atoms with van der Waals surface area (Å²) in [7, 11) is 0.